The van der Waals surface area contributed by atoms with Gasteiger partial charge in [-0.2, -0.15) is 0 Å². The van der Waals surface area contributed by atoms with Gasteiger partial charge in [-0.15, -0.1) is 0 Å². The van der Waals surface area contributed by atoms with E-state index in [-0.39, 0.29) is 41.6 Å². The molecule has 7 fully saturated rings. The number of aliphatic hydroxyl groups excluding tert-OH is 9. The fourth-order valence-corrected chi connectivity index (χ4v) is 16.0. The molecule has 0 aromatic rings. The maximum atomic E-state index is 12.9. The molecule has 4 saturated carbocycles. The maximum Gasteiger partial charge on any atom is 0.335 e. The van der Waals surface area contributed by atoms with E-state index in [0.29, 0.717) is 32.1 Å². The van der Waals surface area contributed by atoms with Crippen molar-refractivity contribution < 1.29 is 99.0 Å². The highest BCUT2D eigenvalue weighted by Gasteiger charge is 2.71. The van der Waals surface area contributed by atoms with E-state index in [1.165, 1.54) is 19.4 Å². The molecule has 0 bridgehead atoms. The van der Waals surface area contributed by atoms with Crippen molar-refractivity contribution in [3.8, 4) is 0 Å². The second kappa shape index (κ2) is 18.8. The first kappa shape index (κ1) is 53.9. The largest absolute Gasteiger partial charge is 0.481 e. The second-order valence-electron chi connectivity index (χ2n) is 24.0. The van der Waals surface area contributed by atoms with Gasteiger partial charge in [-0.25, -0.2) is 4.79 Å². The van der Waals surface area contributed by atoms with Crippen molar-refractivity contribution in [2.45, 2.75) is 211 Å². The fourth-order valence-electron chi connectivity index (χ4n) is 16.0. The van der Waals surface area contributed by atoms with Gasteiger partial charge in [0.15, 0.2) is 18.7 Å². The van der Waals surface area contributed by atoms with Crippen LogP contribution < -0.4 is 0 Å². The van der Waals surface area contributed by atoms with Crippen LogP contribution in [-0.2, 0) is 42.8 Å². The zero-order chi connectivity index (χ0) is 51.6. The van der Waals surface area contributed by atoms with Crippen LogP contribution in [-0.4, -0.2) is 185 Å². The highest BCUT2D eigenvalue weighted by molar-refractivity contribution is 5.75. The second-order valence-corrected chi connectivity index (χ2v) is 24.0. The minimum atomic E-state index is -2.06. The van der Waals surface area contributed by atoms with E-state index in [2.05, 4.69) is 33.8 Å². The normalized spacial score (nSPS) is 54.6. The third-order valence-electron chi connectivity index (χ3n) is 20.4. The molecule has 0 aromatic carbocycles. The van der Waals surface area contributed by atoms with E-state index in [0.717, 1.165) is 19.3 Å². The third kappa shape index (κ3) is 8.12. The van der Waals surface area contributed by atoms with Crippen molar-refractivity contribution in [3.63, 3.8) is 0 Å². The molecule has 11 N–H and O–H groups in total. The average molecular weight is 999 g/mol. The SMILES string of the molecule is CC(=O)O[C@@H]1C[C@](C)(C(=O)O)C[C@H]2C3=CC[C@@H]4[C@@]5(C)CC[C@H]([C@@H]6O[C@H](C(=O)O)[C@@H](O)[C@H](O)[C@H]6O[C@@H]6O[C@H](CO)[C@H](O)[C@H](O)[C@H]6O[C@@H]6O[C@@H](C)[C@H](O)[C@@H](O)[C@H]6O)[C@](C)(CO)[C@@H]5CC[C@@]4(C)[C@]3(C)CC[C@@]12C. The molecule has 3 heterocycles. The summed E-state index contributed by atoms with van der Waals surface area (Å²) >= 11 is 0. The van der Waals surface area contributed by atoms with Gasteiger partial charge in [0.25, 0.3) is 0 Å². The zero-order valence-corrected chi connectivity index (χ0v) is 41.5. The lowest BCUT2D eigenvalue weighted by atomic mass is 9.33. The van der Waals surface area contributed by atoms with E-state index in [4.69, 9.17) is 28.4 Å². The third-order valence-corrected chi connectivity index (χ3v) is 20.4. The first-order chi connectivity index (χ1) is 32.6. The Morgan fingerprint density at radius 2 is 1.36 bits per heavy atom. The van der Waals surface area contributed by atoms with Crippen LogP contribution in [0.25, 0.3) is 0 Å². The predicted octanol–water partition coefficient (Wildman–Crippen LogP) is 0.614. The molecule has 0 aromatic heterocycles. The number of hydrogen-bond acceptors (Lipinski definition) is 18. The van der Waals surface area contributed by atoms with Crippen LogP contribution in [0.2, 0.25) is 0 Å². The van der Waals surface area contributed by atoms with Crippen LogP contribution in [0.15, 0.2) is 11.6 Å². The van der Waals surface area contributed by atoms with Crippen LogP contribution in [0.1, 0.15) is 113 Å². The zero-order valence-electron chi connectivity index (χ0n) is 41.5. The Labute approximate surface area is 408 Å². The molecule has 3 saturated heterocycles. The van der Waals surface area contributed by atoms with Crippen LogP contribution in [0.4, 0.5) is 0 Å². The summed E-state index contributed by atoms with van der Waals surface area (Å²) in [5.41, 5.74) is -2.51. The van der Waals surface area contributed by atoms with Crippen molar-refractivity contribution in [1.82, 2.24) is 0 Å². The van der Waals surface area contributed by atoms with Crippen LogP contribution in [0.3, 0.4) is 0 Å². The number of aliphatic carboxylic acids is 2. The topological polar surface area (TPSA) is 329 Å². The molecule has 0 radical (unpaired) electrons. The predicted molar refractivity (Wildman–Crippen MR) is 241 cm³/mol. The van der Waals surface area contributed by atoms with Crippen molar-refractivity contribution in [3.05, 3.63) is 11.6 Å². The molecule has 26 atom stereocenters. The quantitative estimate of drug-likeness (QED) is 0.106. The Kier molecular flexibility index (Phi) is 14.4. The summed E-state index contributed by atoms with van der Waals surface area (Å²) < 4.78 is 36.2. The number of allylic oxidation sites excluding steroid dienone is 2. The first-order valence-corrected chi connectivity index (χ1v) is 25.2. The molecule has 70 heavy (non-hydrogen) atoms. The number of esters is 1. The summed E-state index contributed by atoms with van der Waals surface area (Å²) in [5, 5.41) is 120. The van der Waals surface area contributed by atoms with Crippen LogP contribution in [0, 0.1) is 56.2 Å². The number of carboxylic acid groups (broad SMARTS) is 2. The van der Waals surface area contributed by atoms with Crippen LogP contribution >= 0.6 is 0 Å². The molecule has 8 aliphatic rings. The van der Waals surface area contributed by atoms with Gasteiger partial charge in [0, 0.05) is 25.4 Å². The summed E-state index contributed by atoms with van der Waals surface area (Å²) in [4.78, 5) is 38.1. The molecule has 0 amide bonds. The van der Waals surface area contributed by atoms with Gasteiger partial charge >= 0.3 is 17.9 Å². The number of hydrogen-bond donors (Lipinski definition) is 11. The average Bonchev–Trinajstić information content (AvgIpc) is 3.29. The summed E-state index contributed by atoms with van der Waals surface area (Å²) in [7, 11) is 0. The molecule has 20 nitrogen and oxygen atoms in total. The van der Waals surface area contributed by atoms with Gasteiger partial charge in [-0.05, 0) is 111 Å². The van der Waals surface area contributed by atoms with Gasteiger partial charge in [-0.3, -0.25) is 9.59 Å². The Hall–Kier alpha value is -2.41. The Morgan fingerprint density at radius 3 is 1.97 bits per heavy atom. The lowest BCUT2D eigenvalue weighted by Crippen LogP contribution is -2.70. The maximum absolute atomic E-state index is 12.9. The number of aliphatic hydroxyl groups is 9. The first-order valence-electron chi connectivity index (χ1n) is 25.2. The Balaban J connectivity index is 1.12. The molecule has 3 aliphatic heterocycles. The monoisotopic (exact) mass is 999 g/mol. The minimum absolute atomic E-state index is 0.0671. The summed E-state index contributed by atoms with van der Waals surface area (Å²) in [6.07, 6.45) is -18.9. The minimum Gasteiger partial charge on any atom is -0.481 e. The van der Waals surface area contributed by atoms with Gasteiger partial charge in [0.05, 0.1) is 24.2 Å². The summed E-state index contributed by atoms with van der Waals surface area (Å²) in [5.74, 6) is -3.97. The van der Waals surface area contributed by atoms with E-state index in [1.54, 1.807) is 6.92 Å². The van der Waals surface area contributed by atoms with E-state index < -0.39 is 150 Å². The molecule has 8 rings (SSSR count). The smallest absolute Gasteiger partial charge is 0.335 e. The lowest BCUT2D eigenvalue weighted by molar-refractivity contribution is -0.383. The summed E-state index contributed by atoms with van der Waals surface area (Å²) in [6.45, 7) is 14.3. The molecule has 398 valence electrons. The molecular weight excluding hydrogens is 921 g/mol. The Morgan fingerprint density at radius 1 is 0.700 bits per heavy atom. The van der Waals surface area contributed by atoms with Gasteiger partial charge in [0.1, 0.15) is 67.1 Å². The number of carboxylic acids is 2. The highest BCUT2D eigenvalue weighted by Crippen LogP contribution is 2.76. The number of carbonyl (C=O) groups excluding carboxylic acids is 1. The Bertz CT molecular complexity index is 2020. The van der Waals surface area contributed by atoms with E-state index in [9.17, 15) is 70.6 Å². The number of carbonyl (C=O) groups is 3. The van der Waals surface area contributed by atoms with Crippen molar-refractivity contribution >= 4 is 17.9 Å². The van der Waals surface area contributed by atoms with Gasteiger partial charge in [0.2, 0.25) is 0 Å². The standard InChI is InChI=1S/C50H78O20/c1-21-30(54)32(56)36(60)42(65-21)70-40-33(57)31(55)26(19-51)67-43(40)69-38-34(58)35(59)39(41(61)62)68-37(38)24-11-13-47(5)27(48(24,6)20-52)12-14-50(8)28(47)10-9-23-25-17-45(3,44(63)64)18-29(66-22(2)53)46(25,4)15-16-49(23,50)7/h9,21,24-40,42-43,51-52,54-60H,10-20H2,1-8H3,(H,61,62)(H,63,64)/t21-,24+,25-,26+,27+,28+,29+,30-,31-,32+,33-,34-,35-,36+,37-,38+,39-,40+,42-,43-,45+,46+,47-,48-,49+,50+/m0/s1. The van der Waals surface area contributed by atoms with Gasteiger partial charge in [-0.1, -0.05) is 46.3 Å². The number of fused-ring (bicyclic) bond motifs is 7. The van der Waals surface area contributed by atoms with Crippen molar-refractivity contribution in [1.29, 1.82) is 0 Å². The van der Waals surface area contributed by atoms with E-state index >= 15 is 0 Å². The fraction of sp³-hybridized carbons (Fsp3) is 0.900. The molecule has 20 heteroatoms. The number of rotatable bonds is 10. The van der Waals surface area contributed by atoms with Crippen molar-refractivity contribution in [2.75, 3.05) is 13.2 Å². The molecular formula is C50H78O20. The van der Waals surface area contributed by atoms with E-state index in [1.807, 2.05) is 6.92 Å². The lowest BCUT2D eigenvalue weighted by Gasteiger charge is -2.72. The van der Waals surface area contributed by atoms with Crippen LogP contribution in [0.5, 0.6) is 0 Å². The molecule has 0 unspecified atom stereocenters. The highest BCUT2D eigenvalue weighted by atomic mass is 16.8. The number of ether oxygens (including phenoxy) is 6. The van der Waals surface area contributed by atoms with Crippen molar-refractivity contribution in [2.24, 2.45) is 56.2 Å². The summed E-state index contributed by atoms with van der Waals surface area (Å²) in [6, 6.07) is 0. The molecule has 0 spiro atoms. The molecule has 5 aliphatic carbocycles. The van der Waals surface area contributed by atoms with Gasteiger partial charge < -0.3 is 84.6 Å².